The van der Waals surface area contributed by atoms with Crippen molar-refractivity contribution in [2.24, 2.45) is 11.3 Å². The first-order chi connectivity index (χ1) is 34.2. The number of carbonyl (C=O) groups excluding carboxylic acids is 4. The van der Waals surface area contributed by atoms with Crippen LogP contribution in [0.15, 0.2) is 60.9 Å². The number of benzene rings is 2. The van der Waals surface area contributed by atoms with Crippen LogP contribution in [0.3, 0.4) is 0 Å². The third-order valence-electron chi connectivity index (χ3n) is 13.9. The van der Waals surface area contributed by atoms with Gasteiger partial charge in [-0.15, -0.1) is 11.3 Å². The highest BCUT2D eigenvalue weighted by Crippen LogP contribution is 2.49. The number of methoxy groups -OCH3 is 2. The lowest BCUT2D eigenvalue weighted by Gasteiger charge is -2.35. The minimum atomic E-state index is -4.47. The number of alkyl carbamates (subject to hydrolysis) is 2. The Balaban J connectivity index is 1.05. The summed E-state index contributed by atoms with van der Waals surface area (Å²) in [5.74, 6) is -1.86. The van der Waals surface area contributed by atoms with E-state index in [1.54, 1.807) is 38.9 Å². The molecule has 2 unspecified atom stereocenters. The lowest BCUT2D eigenvalue weighted by atomic mass is 9.85. The van der Waals surface area contributed by atoms with Crippen LogP contribution in [-0.4, -0.2) is 104 Å². The Kier molecular flexibility index (Phi) is 13.4. The molecule has 6 aromatic rings. The van der Waals surface area contributed by atoms with E-state index in [4.69, 9.17) is 19.2 Å². The van der Waals surface area contributed by atoms with E-state index in [-0.39, 0.29) is 40.0 Å². The van der Waals surface area contributed by atoms with Gasteiger partial charge in [-0.3, -0.25) is 14.2 Å². The predicted molar refractivity (Wildman–Crippen MR) is 260 cm³/mol. The van der Waals surface area contributed by atoms with Crippen LogP contribution in [0.25, 0.3) is 44.7 Å². The quantitative estimate of drug-likeness (QED) is 0.0916. The Morgan fingerprint density at radius 3 is 2.01 bits per heavy atom. The predicted octanol–water partition coefficient (Wildman–Crippen LogP) is 10.4. The van der Waals surface area contributed by atoms with Crippen molar-refractivity contribution >= 4 is 46.2 Å². The van der Waals surface area contributed by atoms with Crippen molar-refractivity contribution in [1.29, 1.82) is 0 Å². The summed E-state index contributed by atoms with van der Waals surface area (Å²) in [5.41, 5.74) is 2.84. The summed E-state index contributed by atoms with van der Waals surface area (Å²) in [6.45, 7) is 11.3. The second kappa shape index (κ2) is 19.3. The minimum absolute atomic E-state index is 0.100. The molecule has 4 aromatic heterocycles. The van der Waals surface area contributed by atoms with E-state index >= 15 is 4.39 Å². The number of rotatable bonds is 11. The molecule has 4 amide bonds. The molecule has 2 aromatic carbocycles. The number of hydrogen-bond donors (Lipinski definition) is 4. The van der Waals surface area contributed by atoms with E-state index in [0.717, 1.165) is 30.2 Å². The van der Waals surface area contributed by atoms with Gasteiger partial charge < -0.3 is 44.6 Å². The Labute approximate surface area is 416 Å². The van der Waals surface area contributed by atoms with Crippen molar-refractivity contribution in [2.45, 2.75) is 110 Å². The molecule has 16 nitrogen and oxygen atoms in total. The highest BCUT2D eigenvalue weighted by molar-refractivity contribution is 7.12. The number of carbonyl (C=O) groups is 4. The summed E-state index contributed by atoms with van der Waals surface area (Å²) < 4.78 is 77.1. The van der Waals surface area contributed by atoms with Crippen molar-refractivity contribution < 1.29 is 51.0 Å². The zero-order chi connectivity index (χ0) is 51.6. The molecule has 4 N–H and O–H groups in total. The van der Waals surface area contributed by atoms with Gasteiger partial charge >= 0.3 is 18.4 Å². The average molecular weight is 1020 g/mol. The normalized spacial score (nSPS) is 19.2. The molecule has 9 rings (SSSR count). The van der Waals surface area contributed by atoms with Crippen LogP contribution in [0.5, 0.6) is 5.75 Å². The lowest BCUT2D eigenvalue weighted by Crippen LogP contribution is -2.54. The first kappa shape index (κ1) is 50.1. The Morgan fingerprint density at radius 2 is 1.42 bits per heavy atom. The van der Waals surface area contributed by atoms with Gasteiger partial charge in [-0.25, -0.2) is 23.9 Å². The summed E-state index contributed by atoms with van der Waals surface area (Å²) in [4.78, 5) is 72.3. The second-order valence-electron chi connectivity index (χ2n) is 20.0. The maximum atomic E-state index is 16.9. The van der Waals surface area contributed by atoms with Crippen molar-refractivity contribution in [2.75, 3.05) is 27.3 Å². The number of alkyl halides is 3. The lowest BCUT2D eigenvalue weighted by molar-refractivity contribution is -0.145. The summed E-state index contributed by atoms with van der Waals surface area (Å²) in [7, 11) is 2.48. The molecule has 3 aliphatic heterocycles. The molecule has 382 valence electrons. The zero-order valence-corrected chi connectivity index (χ0v) is 41.9. The maximum absolute atomic E-state index is 16.9. The fourth-order valence-corrected chi connectivity index (χ4v) is 11.1. The van der Waals surface area contributed by atoms with Gasteiger partial charge in [0.25, 0.3) is 0 Å². The Morgan fingerprint density at radius 1 is 0.806 bits per heavy atom. The van der Waals surface area contributed by atoms with E-state index in [9.17, 15) is 32.3 Å². The topological polar surface area (TPSA) is 189 Å². The number of nitrogens with one attached hydrogen (secondary N) is 4. The molecule has 72 heavy (non-hydrogen) atoms. The first-order valence-electron chi connectivity index (χ1n) is 23.9. The number of halogens is 4. The summed E-state index contributed by atoms with van der Waals surface area (Å²) in [6, 6.07) is 11.1. The average Bonchev–Trinajstić information content (AvgIpc) is 4.20. The molecule has 2 saturated heterocycles. The third-order valence-corrected chi connectivity index (χ3v) is 15.2. The number of amides is 4. The van der Waals surface area contributed by atoms with E-state index in [0.29, 0.717) is 82.4 Å². The molecule has 0 radical (unpaired) electrons. The molecule has 0 saturated carbocycles. The zero-order valence-electron chi connectivity index (χ0n) is 41.1. The maximum Gasteiger partial charge on any atom is 0.407 e. The molecule has 3 aliphatic rings. The van der Waals surface area contributed by atoms with Gasteiger partial charge in [0.05, 0.1) is 77.7 Å². The molecule has 6 atom stereocenters. The number of nitrogens with zero attached hydrogens (tertiary/aromatic N) is 5. The standard InChI is InChI=1S/C51H57F4N9O7S/c1-25(2)41(60-48(67)69-7)45(65)62-17-9-11-34(62)43-56-23-31(58-43)27-13-14-33-29(19-27)21-36-40-30(52)20-28(22-37(40)71-47(64(33)36)39-16-15-38(72-39)26(3)51(53,54)55)32-24-57-44(59-32)35-12-10-18-63(35)46(66)42(50(4,5)6)61-49(68)70-8/h13-16,19-26,34-35,41-42,47H,9-12,17-18H2,1-8H3,(H,56,58)(H,57,59)(H,60,67)(H,61,68)/t26?,34-,35-,41-,42+,47?/m0/s1. The Bertz CT molecular complexity index is 3040. The SMILES string of the molecule is COC(=O)N[C@H](C(=O)N1CCC[C@H]1c1ncc(-c2ccc3c(c2)cc2n3C(c3ccc(C(C)C(F)(F)F)s3)Oc3cc(-c4cnc([C@@H]5CCCN5C(=O)[C@@H](NC(=O)OC)C(C)(C)C)[nH]4)cc(F)c3-2)[nH]1)C(C)C. The largest absolute Gasteiger partial charge is 0.464 e. The van der Waals surface area contributed by atoms with Gasteiger partial charge in [-0.2, -0.15) is 13.2 Å². The third kappa shape index (κ3) is 9.38. The van der Waals surface area contributed by atoms with E-state index in [1.807, 2.05) is 58.9 Å². The molecule has 21 heteroatoms. The van der Waals surface area contributed by atoms with Crippen LogP contribution < -0.4 is 15.4 Å². The summed E-state index contributed by atoms with van der Waals surface area (Å²) in [5, 5.41) is 6.05. The molecule has 0 bridgehead atoms. The van der Waals surface area contributed by atoms with Crippen molar-refractivity contribution in [1.82, 2.24) is 44.9 Å². The van der Waals surface area contributed by atoms with Gasteiger partial charge in [0.1, 0.15) is 35.3 Å². The number of fused-ring (bicyclic) bond motifs is 5. The first-order valence-corrected chi connectivity index (χ1v) is 24.7. The number of ether oxygens (including phenoxy) is 3. The highest BCUT2D eigenvalue weighted by atomic mass is 32.1. The van der Waals surface area contributed by atoms with Gasteiger partial charge in [0, 0.05) is 34.5 Å². The Hall–Kier alpha value is -6.90. The van der Waals surface area contributed by atoms with E-state index in [2.05, 4.69) is 25.6 Å². The smallest absolute Gasteiger partial charge is 0.407 e. The molecular weight excluding hydrogens is 959 g/mol. The van der Waals surface area contributed by atoms with Crippen LogP contribution in [0.1, 0.15) is 113 Å². The number of imidazole rings is 2. The monoisotopic (exact) mass is 1020 g/mol. The van der Waals surface area contributed by atoms with Crippen molar-refractivity contribution in [3.05, 3.63) is 88.1 Å². The molecule has 0 spiro atoms. The van der Waals surface area contributed by atoms with Gasteiger partial charge in [-0.1, -0.05) is 40.7 Å². The molecule has 2 fully saturated rings. The number of aromatic nitrogens is 5. The minimum Gasteiger partial charge on any atom is -0.464 e. The van der Waals surface area contributed by atoms with Crippen molar-refractivity contribution in [3.8, 4) is 39.5 Å². The fraction of sp³-hybridized carbons (Fsp3) is 0.451. The fourth-order valence-electron chi connectivity index (χ4n) is 9.99. The number of hydrogen-bond acceptors (Lipinski definition) is 10. The number of aromatic amines is 2. The van der Waals surface area contributed by atoms with Crippen LogP contribution in [0, 0.1) is 17.2 Å². The van der Waals surface area contributed by atoms with Crippen molar-refractivity contribution in [3.63, 3.8) is 0 Å². The summed E-state index contributed by atoms with van der Waals surface area (Å²) in [6.07, 6.45) is -0.952. The van der Waals surface area contributed by atoms with Crippen LogP contribution in [-0.2, 0) is 19.1 Å². The number of likely N-dealkylation sites (tertiary alicyclic amines) is 2. The summed E-state index contributed by atoms with van der Waals surface area (Å²) >= 11 is 0.975. The number of H-pyrrole nitrogens is 2. The van der Waals surface area contributed by atoms with E-state index in [1.165, 1.54) is 26.4 Å². The number of thiophene rings is 1. The van der Waals surface area contributed by atoms with Crippen LogP contribution in [0.4, 0.5) is 27.2 Å². The van der Waals surface area contributed by atoms with Crippen LogP contribution in [0.2, 0.25) is 0 Å². The molecule has 7 heterocycles. The van der Waals surface area contributed by atoms with Crippen LogP contribution >= 0.6 is 11.3 Å². The highest BCUT2D eigenvalue weighted by Gasteiger charge is 2.43. The van der Waals surface area contributed by atoms with Gasteiger partial charge in [0.15, 0.2) is 0 Å². The van der Waals surface area contributed by atoms with E-state index < -0.39 is 59.9 Å². The molecule has 0 aliphatic carbocycles. The molecular formula is C51H57F4N9O7S. The van der Waals surface area contributed by atoms with Gasteiger partial charge in [0.2, 0.25) is 18.0 Å². The second-order valence-corrected chi connectivity index (χ2v) is 21.2. The van der Waals surface area contributed by atoms with Gasteiger partial charge in [-0.05, 0) is 86.4 Å².